The van der Waals surface area contributed by atoms with Gasteiger partial charge in [0.15, 0.2) is 0 Å². The minimum Gasteiger partial charge on any atom is -0.396 e. The number of aromatic nitrogens is 2. The molecule has 0 radical (unpaired) electrons. The minimum atomic E-state index is -0.149. The van der Waals surface area contributed by atoms with Crippen LogP contribution in [0.5, 0.6) is 0 Å². The van der Waals surface area contributed by atoms with E-state index in [1.165, 1.54) is 10.7 Å². The Morgan fingerprint density at radius 1 is 1.05 bits per heavy atom. The molecular weight excluding hydrogens is 252 g/mol. The average Bonchev–Trinajstić information content (AvgIpc) is 2.48. The fraction of sp³-hybridized carbons (Fsp3) is 0.125. The third kappa shape index (κ3) is 2.33. The zero-order valence-electron chi connectivity index (χ0n) is 10.9. The van der Waals surface area contributed by atoms with Crippen LogP contribution in [0.2, 0.25) is 0 Å². The molecule has 0 spiro atoms. The number of aliphatic hydroxyl groups is 1. The summed E-state index contributed by atoms with van der Waals surface area (Å²) in [5.74, 6) is 0. The van der Waals surface area contributed by atoms with E-state index < -0.39 is 0 Å². The van der Waals surface area contributed by atoms with Gasteiger partial charge in [-0.15, -0.1) is 0 Å². The lowest BCUT2D eigenvalue weighted by Gasteiger charge is -2.06. The molecule has 4 heteroatoms. The van der Waals surface area contributed by atoms with Crippen molar-refractivity contribution in [3.63, 3.8) is 0 Å². The van der Waals surface area contributed by atoms with Crippen LogP contribution in [0, 0.1) is 0 Å². The van der Waals surface area contributed by atoms with Crippen LogP contribution in [0.1, 0.15) is 5.56 Å². The summed E-state index contributed by atoms with van der Waals surface area (Å²) in [6.45, 7) is 0.146. The molecule has 4 nitrogen and oxygen atoms in total. The quantitative estimate of drug-likeness (QED) is 0.788. The van der Waals surface area contributed by atoms with Gasteiger partial charge in [0.25, 0.3) is 5.56 Å². The molecule has 100 valence electrons. The van der Waals surface area contributed by atoms with Gasteiger partial charge in [-0.1, -0.05) is 24.3 Å². The SMILES string of the molecule is O=c1cccnn1-c1ccc2cc(CCO)ccc2c1. The largest absolute Gasteiger partial charge is 0.396 e. The van der Waals surface area contributed by atoms with Gasteiger partial charge in [-0.05, 0) is 41.0 Å². The van der Waals surface area contributed by atoms with Crippen molar-refractivity contribution in [1.82, 2.24) is 9.78 Å². The molecule has 1 N–H and O–H groups in total. The van der Waals surface area contributed by atoms with Gasteiger partial charge in [0.1, 0.15) is 0 Å². The van der Waals surface area contributed by atoms with Crippen LogP contribution in [0.4, 0.5) is 0 Å². The molecule has 0 saturated heterocycles. The highest BCUT2D eigenvalue weighted by atomic mass is 16.2. The van der Waals surface area contributed by atoms with E-state index in [0.717, 1.165) is 22.0 Å². The lowest BCUT2D eigenvalue weighted by atomic mass is 10.0. The zero-order valence-corrected chi connectivity index (χ0v) is 10.9. The second-order valence-corrected chi connectivity index (χ2v) is 4.61. The normalized spacial score (nSPS) is 10.8. The Kier molecular flexibility index (Phi) is 3.31. The summed E-state index contributed by atoms with van der Waals surface area (Å²) in [5, 5.41) is 15.2. The van der Waals surface area contributed by atoms with Crippen molar-refractivity contribution in [3.8, 4) is 5.69 Å². The molecule has 1 aromatic heterocycles. The molecule has 3 aromatic rings. The van der Waals surface area contributed by atoms with Crippen molar-refractivity contribution in [2.45, 2.75) is 6.42 Å². The van der Waals surface area contributed by atoms with Crippen LogP contribution in [-0.4, -0.2) is 21.5 Å². The van der Waals surface area contributed by atoms with Gasteiger partial charge in [0.05, 0.1) is 5.69 Å². The van der Waals surface area contributed by atoms with E-state index >= 15 is 0 Å². The number of rotatable bonds is 3. The van der Waals surface area contributed by atoms with Crippen molar-refractivity contribution in [2.75, 3.05) is 6.61 Å². The first-order valence-corrected chi connectivity index (χ1v) is 6.46. The number of nitrogens with zero attached hydrogens (tertiary/aromatic N) is 2. The third-order valence-electron chi connectivity index (χ3n) is 3.25. The Morgan fingerprint density at radius 2 is 1.85 bits per heavy atom. The van der Waals surface area contributed by atoms with Crippen LogP contribution in [0.3, 0.4) is 0 Å². The van der Waals surface area contributed by atoms with Crippen molar-refractivity contribution >= 4 is 10.8 Å². The average molecular weight is 266 g/mol. The molecule has 0 fully saturated rings. The number of benzene rings is 2. The highest BCUT2D eigenvalue weighted by Gasteiger charge is 2.02. The van der Waals surface area contributed by atoms with E-state index in [0.29, 0.717) is 6.42 Å². The maximum absolute atomic E-state index is 11.8. The molecule has 1 heterocycles. The maximum Gasteiger partial charge on any atom is 0.271 e. The van der Waals surface area contributed by atoms with E-state index in [1.54, 1.807) is 12.3 Å². The molecule has 0 saturated carbocycles. The summed E-state index contributed by atoms with van der Waals surface area (Å²) >= 11 is 0. The van der Waals surface area contributed by atoms with E-state index in [2.05, 4.69) is 11.2 Å². The highest BCUT2D eigenvalue weighted by Crippen LogP contribution is 2.19. The van der Waals surface area contributed by atoms with Crippen molar-refractivity contribution in [3.05, 3.63) is 70.6 Å². The van der Waals surface area contributed by atoms with E-state index in [4.69, 9.17) is 5.11 Å². The number of hydrogen-bond acceptors (Lipinski definition) is 3. The third-order valence-corrected chi connectivity index (χ3v) is 3.25. The fourth-order valence-electron chi connectivity index (χ4n) is 2.25. The summed E-state index contributed by atoms with van der Waals surface area (Å²) in [4.78, 5) is 11.8. The van der Waals surface area contributed by atoms with Crippen molar-refractivity contribution in [1.29, 1.82) is 0 Å². The van der Waals surface area contributed by atoms with Crippen molar-refractivity contribution < 1.29 is 5.11 Å². The molecule has 3 rings (SSSR count). The second-order valence-electron chi connectivity index (χ2n) is 4.61. The summed E-state index contributed by atoms with van der Waals surface area (Å²) in [6, 6.07) is 14.9. The van der Waals surface area contributed by atoms with E-state index in [9.17, 15) is 4.79 Å². The monoisotopic (exact) mass is 266 g/mol. The molecule has 0 aliphatic carbocycles. The van der Waals surface area contributed by atoms with E-state index in [1.807, 2.05) is 30.3 Å². The summed E-state index contributed by atoms with van der Waals surface area (Å²) in [7, 11) is 0. The Bertz CT molecular complexity index is 809. The smallest absolute Gasteiger partial charge is 0.271 e. The second kappa shape index (κ2) is 5.27. The summed E-state index contributed by atoms with van der Waals surface area (Å²) in [5.41, 5.74) is 1.70. The minimum absolute atomic E-state index is 0.146. The number of hydrogen-bond donors (Lipinski definition) is 1. The van der Waals surface area contributed by atoms with Gasteiger partial charge in [-0.2, -0.15) is 9.78 Å². The van der Waals surface area contributed by atoms with Crippen LogP contribution >= 0.6 is 0 Å². The maximum atomic E-state index is 11.8. The summed E-state index contributed by atoms with van der Waals surface area (Å²) < 4.78 is 1.38. The standard InChI is InChI=1S/C16H14N2O2/c19-9-7-12-3-4-14-11-15(6-5-13(14)10-12)18-16(20)2-1-8-17-18/h1-6,8,10-11,19H,7,9H2. The first-order chi connectivity index (χ1) is 9.78. The molecule has 0 atom stereocenters. The van der Waals surface area contributed by atoms with Crippen LogP contribution in [0.25, 0.3) is 16.5 Å². The Balaban J connectivity index is 2.10. The first-order valence-electron chi connectivity index (χ1n) is 6.46. The zero-order chi connectivity index (χ0) is 13.9. The predicted molar refractivity (Wildman–Crippen MR) is 78.1 cm³/mol. The lowest BCUT2D eigenvalue weighted by molar-refractivity contribution is 0.299. The number of aliphatic hydroxyl groups excluding tert-OH is 1. The Hall–Kier alpha value is -2.46. The van der Waals surface area contributed by atoms with Gasteiger partial charge in [0, 0.05) is 18.9 Å². The van der Waals surface area contributed by atoms with Gasteiger partial charge >= 0.3 is 0 Å². The molecule has 0 unspecified atom stereocenters. The Labute approximate surface area is 115 Å². The molecule has 0 aliphatic rings. The predicted octanol–water partition coefficient (Wildman–Crippen LogP) is 1.92. The van der Waals surface area contributed by atoms with Crippen LogP contribution in [-0.2, 0) is 6.42 Å². The van der Waals surface area contributed by atoms with Gasteiger partial charge in [0.2, 0.25) is 0 Å². The Morgan fingerprint density at radius 3 is 2.65 bits per heavy atom. The fourth-order valence-corrected chi connectivity index (χ4v) is 2.25. The molecular formula is C16H14N2O2. The summed E-state index contributed by atoms with van der Waals surface area (Å²) in [6.07, 6.45) is 2.24. The van der Waals surface area contributed by atoms with Crippen LogP contribution < -0.4 is 5.56 Å². The molecule has 0 bridgehead atoms. The van der Waals surface area contributed by atoms with Gasteiger partial charge in [-0.25, -0.2) is 0 Å². The van der Waals surface area contributed by atoms with E-state index in [-0.39, 0.29) is 12.2 Å². The lowest BCUT2D eigenvalue weighted by Crippen LogP contribution is -2.18. The highest BCUT2D eigenvalue weighted by molar-refractivity contribution is 5.85. The molecule has 0 amide bonds. The first kappa shape index (κ1) is 12.6. The van der Waals surface area contributed by atoms with Gasteiger partial charge in [-0.3, -0.25) is 4.79 Å². The van der Waals surface area contributed by atoms with Crippen molar-refractivity contribution in [2.24, 2.45) is 0 Å². The molecule has 0 aliphatic heterocycles. The van der Waals surface area contributed by atoms with Crippen LogP contribution in [0.15, 0.2) is 59.5 Å². The van der Waals surface area contributed by atoms with Gasteiger partial charge < -0.3 is 5.11 Å². The molecule has 2 aromatic carbocycles. The molecule has 20 heavy (non-hydrogen) atoms. The topological polar surface area (TPSA) is 55.1 Å². The number of fused-ring (bicyclic) bond motifs is 1.